The second-order valence-corrected chi connectivity index (χ2v) is 7.10. The lowest BCUT2D eigenvalue weighted by atomic mass is 9.79. The van der Waals surface area contributed by atoms with E-state index < -0.39 is 4.92 Å². The molecule has 9 heteroatoms. The Bertz CT molecular complexity index is 640. The minimum absolute atomic E-state index is 0. The Morgan fingerprint density at radius 1 is 1.52 bits per heavy atom. The predicted molar refractivity (Wildman–Crippen MR) is 98.4 cm³/mol. The van der Waals surface area contributed by atoms with Gasteiger partial charge < -0.3 is 15.4 Å². The molecule has 0 spiro atoms. The third-order valence-electron chi connectivity index (χ3n) is 4.36. The number of amides is 1. The monoisotopic (exact) mass is 391 g/mol. The number of carbonyl (C=O) groups is 1. The first-order valence-electron chi connectivity index (χ1n) is 7.81. The van der Waals surface area contributed by atoms with E-state index in [0.29, 0.717) is 13.1 Å². The lowest BCUT2D eigenvalue weighted by molar-refractivity contribution is -0.385. The summed E-state index contributed by atoms with van der Waals surface area (Å²) in [5.74, 6) is 0.0739. The van der Waals surface area contributed by atoms with Crippen LogP contribution in [0.1, 0.15) is 26.7 Å². The number of hydrogen-bond acceptors (Lipinski definition) is 5. The van der Waals surface area contributed by atoms with Crippen molar-refractivity contribution >= 4 is 35.6 Å². The Morgan fingerprint density at radius 3 is 2.80 bits per heavy atom. The molecule has 1 aromatic rings. The SMILES string of the molecule is CC1(C)CN(C(=O)CCOc2ccc(Cl)cc2[N+](=O)[O-])CCC1N.Cl. The molecule has 0 bridgehead atoms. The highest BCUT2D eigenvalue weighted by atomic mass is 35.5. The molecule has 1 unspecified atom stereocenters. The lowest BCUT2D eigenvalue weighted by Gasteiger charge is -2.42. The molecule has 1 amide bonds. The minimum atomic E-state index is -0.558. The van der Waals surface area contributed by atoms with Gasteiger partial charge in [-0.1, -0.05) is 25.4 Å². The number of ether oxygens (including phenoxy) is 1. The maximum Gasteiger partial charge on any atom is 0.312 e. The first-order valence-corrected chi connectivity index (χ1v) is 8.18. The number of nitrogens with zero attached hydrogens (tertiary/aromatic N) is 2. The van der Waals surface area contributed by atoms with Crippen molar-refractivity contribution in [3.05, 3.63) is 33.3 Å². The van der Waals surface area contributed by atoms with Gasteiger partial charge in [-0.05, 0) is 24.0 Å². The van der Waals surface area contributed by atoms with Crippen molar-refractivity contribution in [3.8, 4) is 5.75 Å². The zero-order valence-corrected chi connectivity index (χ0v) is 15.8. The van der Waals surface area contributed by atoms with Gasteiger partial charge in [0.25, 0.3) is 0 Å². The molecule has 1 saturated heterocycles. The topological polar surface area (TPSA) is 98.7 Å². The van der Waals surface area contributed by atoms with Crippen molar-refractivity contribution in [1.29, 1.82) is 0 Å². The number of nitro groups is 1. The van der Waals surface area contributed by atoms with Crippen molar-refractivity contribution in [2.75, 3.05) is 19.7 Å². The number of likely N-dealkylation sites (tertiary alicyclic amines) is 1. The number of benzene rings is 1. The summed E-state index contributed by atoms with van der Waals surface area (Å²) in [6, 6.07) is 4.26. The van der Waals surface area contributed by atoms with Gasteiger partial charge in [0.05, 0.1) is 18.0 Å². The maximum absolute atomic E-state index is 12.3. The van der Waals surface area contributed by atoms with Gasteiger partial charge >= 0.3 is 5.69 Å². The molecule has 0 saturated carbocycles. The summed E-state index contributed by atoms with van der Waals surface area (Å²) in [4.78, 5) is 24.5. The normalized spacial score (nSPS) is 19.0. The van der Waals surface area contributed by atoms with Crippen molar-refractivity contribution < 1.29 is 14.5 Å². The molecule has 0 aromatic heterocycles. The fourth-order valence-corrected chi connectivity index (χ4v) is 2.91. The summed E-state index contributed by atoms with van der Waals surface area (Å²) in [5, 5.41) is 11.3. The minimum Gasteiger partial charge on any atom is -0.486 e. The second-order valence-electron chi connectivity index (χ2n) is 6.67. The first-order chi connectivity index (χ1) is 11.2. The molecule has 1 heterocycles. The van der Waals surface area contributed by atoms with Crippen molar-refractivity contribution in [2.45, 2.75) is 32.7 Å². The maximum atomic E-state index is 12.3. The molecular formula is C16H23Cl2N3O4. The third-order valence-corrected chi connectivity index (χ3v) is 4.59. The predicted octanol–water partition coefficient (Wildman–Crippen LogP) is 3.02. The van der Waals surface area contributed by atoms with Gasteiger partial charge in [-0.2, -0.15) is 0 Å². The highest BCUT2D eigenvalue weighted by molar-refractivity contribution is 6.30. The van der Waals surface area contributed by atoms with E-state index in [-0.39, 0.29) is 59.3 Å². The van der Waals surface area contributed by atoms with Gasteiger partial charge in [-0.15, -0.1) is 12.4 Å². The van der Waals surface area contributed by atoms with Crippen molar-refractivity contribution in [3.63, 3.8) is 0 Å². The van der Waals surface area contributed by atoms with Gasteiger partial charge in [-0.25, -0.2) is 0 Å². The zero-order valence-electron chi connectivity index (χ0n) is 14.2. The summed E-state index contributed by atoms with van der Waals surface area (Å²) in [6.45, 7) is 5.40. The standard InChI is InChI=1S/C16H22ClN3O4.ClH/c1-16(2)10-19(7-5-14(16)18)15(21)6-8-24-13-4-3-11(17)9-12(13)20(22)23;/h3-4,9,14H,5-8,10,18H2,1-2H3;1H. The van der Waals surface area contributed by atoms with E-state index in [1.807, 2.05) is 13.8 Å². The summed E-state index contributed by atoms with van der Waals surface area (Å²) < 4.78 is 5.42. The number of rotatable bonds is 5. The van der Waals surface area contributed by atoms with Crippen LogP contribution in [0.3, 0.4) is 0 Å². The largest absolute Gasteiger partial charge is 0.486 e. The zero-order chi connectivity index (χ0) is 17.9. The van der Waals surface area contributed by atoms with Crippen LogP contribution in [0.2, 0.25) is 5.02 Å². The molecule has 1 atom stereocenters. The van der Waals surface area contributed by atoms with E-state index in [4.69, 9.17) is 22.1 Å². The second kappa shape index (κ2) is 8.69. The molecule has 25 heavy (non-hydrogen) atoms. The van der Waals surface area contributed by atoms with Crippen LogP contribution in [0.4, 0.5) is 5.69 Å². The number of nitro benzene ring substituents is 1. The summed E-state index contributed by atoms with van der Waals surface area (Å²) in [7, 11) is 0. The van der Waals surface area contributed by atoms with Crippen LogP contribution >= 0.6 is 24.0 Å². The first kappa shape index (κ1) is 21.5. The summed E-state index contributed by atoms with van der Waals surface area (Å²) in [6.07, 6.45) is 0.924. The van der Waals surface area contributed by atoms with Crippen molar-refractivity contribution in [2.24, 2.45) is 11.1 Å². The van der Waals surface area contributed by atoms with Gasteiger partial charge in [-0.3, -0.25) is 14.9 Å². The molecule has 140 valence electrons. The van der Waals surface area contributed by atoms with Crippen LogP contribution < -0.4 is 10.5 Å². The Hall–Kier alpha value is -1.57. The summed E-state index contributed by atoms with van der Waals surface area (Å²) in [5.41, 5.74) is 5.74. The molecule has 1 aromatic carbocycles. The average Bonchev–Trinajstić information content (AvgIpc) is 2.51. The van der Waals surface area contributed by atoms with E-state index in [2.05, 4.69) is 0 Å². The molecule has 0 aliphatic carbocycles. The fourth-order valence-electron chi connectivity index (χ4n) is 2.75. The lowest BCUT2D eigenvalue weighted by Crippen LogP contribution is -2.54. The smallest absolute Gasteiger partial charge is 0.312 e. The van der Waals surface area contributed by atoms with Crippen LogP contribution in [0.5, 0.6) is 5.75 Å². The Kier molecular flexibility index (Phi) is 7.46. The van der Waals surface area contributed by atoms with Crippen LogP contribution in [0, 0.1) is 15.5 Å². The molecule has 1 aliphatic heterocycles. The molecule has 0 radical (unpaired) electrons. The van der Waals surface area contributed by atoms with Gasteiger partial charge in [0.2, 0.25) is 5.91 Å². The van der Waals surface area contributed by atoms with Crippen LogP contribution in [-0.4, -0.2) is 41.5 Å². The molecule has 7 nitrogen and oxygen atoms in total. The Balaban J connectivity index is 0.00000312. The Morgan fingerprint density at radius 2 is 2.20 bits per heavy atom. The molecule has 1 aliphatic rings. The molecular weight excluding hydrogens is 369 g/mol. The van der Waals surface area contributed by atoms with Crippen LogP contribution in [-0.2, 0) is 4.79 Å². The number of hydrogen-bond donors (Lipinski definition) is 1. The number of halogens is 2. The Labute approximate surface area is 158 Å². The fraction of sp³-hybridized carbons (Fsp3) is 0.562. The molecule has 1 fully saturated rings. The van der Waals surface area contributed by atoms with E-state index in [9.17, 15) is 14.9 Å². The van der Waals surface area contributed by atoms with Gasteiger partial charge in [0.15, 0.2) is 5.75 Å². The number of piperidine rings is 1. The third kappa shape index (κ3) is 5.45. The van der Waals surface area contributed by atoms with E-state index in [1.165, 1.54) is 18.2 Å². The highest BCUT2D eigenvalue weighted by Crippen LogP contribution is 2.30. The van der Waals surface area contributed by atoms with Gasteiger partial charge in [0, 0.05) is 30.2 Å². The highest BCUT2D eigenvalue weighted by Gasteiger charge is 2.35. The molecule has 2 rings (SSSR count). The van der Waals surface area contributed by atoms with Crippen LogP contribution in [0.25, 0.3) is 0 Å². The van der Waals surface area contributed by atoms with E-state index in [0.717, 1.165) is 6.42 Å². The summed E-state index contributed by atoms with van der Waals surface area (Å²) >= 11 is 5.75. The van der Waals surface area contributed by atoms with E-state index in [1.54, 1.807) is 4.90 Å². The van der Waals surface area contributed by atoms with Crippen molar-refractivity contribution in [1.82, 2.24) is 4.90 Å². The number of carbonyl (C=O) groups excluding carboxylic acids is 1. The number of nitrogens with two attached hydrogens (primary N) is 1. The van der Waals surface area contributed by atoms with Crippen LogP contribution in [0.15, 0.2) is 18.2 Å². The molecule has 2 N–H and O–H groups in total. The average molecular weight is 392 g/mol. The van der Waals surface area contributed by atoms with Gasteiger partial charge in [0.1, 0.15) is 0 Å². The quantitative estimate of drug-likeness (QED) is 0.614. The van der Waals surface area contributed by atoms with E-state index >= 15 is 0 Å².